The number of anilines is 1. The molecule has 0 saturated carbocycles. The van der Waals surface area contributed by atoms with E-state index in [2.05, 4.69) is 10.0 Å². The molecule has 172 valence electrons. The van der Waals surface area contributed by atoms with Gasteiger partial charge in [0.05, 0.1) is 25.4 Å². The number of hydrogen-bond donors (Lipinski definition) is 3. The number of ether oxygens (including phenoxy) is 2. The van der Waals surface area contributed by atoms with Gasteiger partial charge in [0, 0.05) is 28.7 Å². The van der Waals surface area contributed by atoms with Crippen LogP contribution in [0.2, 0.25) is 5.02 Å². The summed E-state index contributed by atoms with van der Waals surface area (Å²) in [5.74, 6) is 0.354. The molecule has 2 aliphatic rings. The fourth-order valence-corrected chi connectivity index (χ4v) is 4.93. The Morgan fingerprint density at radius 3 is 2.66 bits per heavy atom. The highest BCUT2D eigenvalue weighted by molar-refractivity contribution is 7.92. The SMILES string of the molecule is CS(=O)(=O)Nc1ccc2c(c1)[C@H]1C[C@@H](CC(=O)NCc3ccc(Cl)cc3)O[C@@H](CO)[C@H]1O2. The molecule has 0 spiro atoms. The zero-order valence-electron chi connectivity index (χ0n) is 17.5. The molecule has 4 rings (SSSR count). The number of carbonyl (C=O) groups is 1. The lowest BCUT2D eigenvalue weighted by Crippen LogP contribution is -2.47. The first kappa shape index (κ1) is 22.8. The van der Waals surface area contributed by atoms with Crippen LogP contribution in [0.5, 0.6) is 5.75 Å². The van der Waals surface area contributed by atoms with Gasteiger partial charge in [-0.2, -0.15) is 0 Å². The van der Waals surface area contributed by atoms with Crippen molar-refractivity contribution in [3.63, 3.8) is 0 Å². The summed E-state index contributed by atoms with van der Waals surface area (Å²) < 4.78 is 37.6. The van der Waals surface area contributed by atoms with Crippen molar-refractivity contribution in [3.8, 4) is 5.75 Å². The molecule has 3 N–H and O–H groups in total. The van der Waals surface area contributed by atoms with Gasteiger partial charge in [-0.3, -0.25) is 9.52 Å². The van der Waals surface area contributed by atoms with Crippen molar-refractivity contribution in [1.29, 1.82) is 0 Å². The number of sulfonamides is 1. The average molecular weight is 481 g/mol. The fourth-order valence-electron chi connectivity index (χ4n) is 4.25. The van der Waals surface area contributed by atoms with Crippen LogP contribution in [-0.2, 0) is 26.1 Å². The van der Waals surface area contributed by atoms with Gasteiger partial charge in [0.1, 0.15) is 18.0 Å². The molecular formula is C22H25ClN2O6S. The van der Waals surface area contributed by atoms with Gasteiger partial charge < -0.3 is 19.9 Å². The summed E-state index contributed by atoms with van der Waals surface area (Å²) in [6.45, 7) is 0.136. The highest BCUT2D eigenvalue weighted by Gasteiger charge is 2.46. The number of hydrogen-bond acceptors (Lipinski definition) is 6. The zero-order valence-corrected chi connectivity index (χ0v) is 19.0. The topological polar surface area (TPSA) is 114 Å². The minimum atomic E-state index is -3.41. The second-order valence-electron chi connectivity index (χ2n) is 8.14. The summed E-state index contributed by atoms with van der Waals surface area (Å²) in [7, 11) is -3.41. The van der Waals surface area contributed by atoms with Gasteiger partial charge in [-0.15, -0.1) is 0 Å². The van der Waals surface area contributed by atoms with Gasteiger partial charge in [-0.05, 0) is 42.3 Å². The molecule has 2 aromatic carbocycles. The van der Waals surface area contributed by atoms with Crippen LogP contribution in [0.1, 0.15) is 29.9 Å². The lowest BCUT2D eigenvalue weighted by atomic mass is 9.84. The predicted molar refractivity (Wildman–Crippen MR) is 120 cm³/mol. The first-order valence-electron chi connectivity index (χ1n) is 10.3. The van der Waals surface area contributed by atoms with Crippen LogP contribution < -0.4 is 14.8 Å². The second kappa shape index (κ2) is 9.27. The van der Waals surface area contributed by atoms with Crippen molar-refractivity contribution in [2.24, 2.45) is 0 Å². The molecule has 1 saturated heterocycles. The lowest BCUT2D eigenvalue weighted by Gasteiger charge is -2.37. The summed E-state index contributed by atoms with van der Waals surface area (Å²) in [6, 6.07) is 12.3. The Kier molecular flexibility index (Phi) is 6.62. The van der Waals surface area contributed by atoms with Crippen LogP contribution >= 0.6 is 11.6 Å². The maximum atomic E-state index is 12.5. The van der Waals surface area contributed by atoms with Crippen molar-refractivity contribution in [3.05, 3.63) is 58.6 Å². The predicted octanol–water partition coefficient (Wildman–Crippen LogP) is 2.41. The van der Waals surface area contributed by atoms with E-state index in [0.29, 0.717) is 29.4 Å². The molecule has 10 heteroatoms. The van der Waals surface area contributed by atoms with Gasteiger partial charge in [-0.25, -0.2) is 8.42 Å². The molecule has 4 atom stereocenters. The third-order valence-electron chi connectivity index (χ3n) is 5.62. The summed E-state index contributed by atoms with van der Waals surface area (Å²) in [6.07, 6.45) is 0.376. The monoisotopic (exact) mass is 480 g/mol. The molecular weight excluding hydrogens is 456 g/mol. The van der Waals surface area contributed by atoms with Crippen LogP contribution in [-0.4, -0.2) is 50.6 Å². The van der Waals surface area contributed by atoms with Crippen molar-refractivity contribution in [1.82, 2.24) is 5.32 Å². The normalized spacial score (nSPS) is 24.2. The molecule has 0 unspecified atom stereocenters. The quantitative estimate of drug-likeness (QED) is 0.560. The Hall–Kier alpha value is -2.33. The van der Waals surface area contributed by atoms with E-state index < -0.39 is 28.3 Å². The van der Waals surface area contributed by atoms with Crippen molar-refractivity contribution >= 4 is 33.2 Å². The van der Waals surface area contributed by atoms with Crippen molar-refractivity contribution < 1.29 is 27.8 Å². The molecule has 32 heavy (non-hydrogen) atoms. The van der Waals surface area contributed by atoms with Crippen LogP contribution in [0, 0.1) is 0 Å². The van der Waals surface area contributed by atoms with E-state index in [9.17, 15) is 18.3 Å². The first-order chi connectivity index (χ1) is 15.2. The molecule has 1 amide bonds. The lowest BCUT2D eigenvalue weighted by molar-refractivity contribution is -0.142. The Balaban J connectivity index is 1.43. The average Bonchev–Trinajstić information content (AvgIpc) is 3.09. The fraction of sp³-hybridized carbons (Fsp3) is 0.409. The molecule has 0 bridgehead atoms. The minimum absolute atomic E-state index is 0.119. The highest BCUT2D eigenvalue weighted by Crippen LogP contribution is 2.47. The number of nitrogens with one attached hydrogen (secondary N) is 2. The summed E-state index contributed by atoms with van der Waals surface area (Å²) in [4.78, 5) is 12.5. The van der Waals surface area contributed by atoms with Crippen molar-refractivity contribution in [2.75, 3.05) is 17.6 Å². The van der Waals surface area contributed by atoms with E-state index in [0.717, 1.165) is 17.4 Å². The number of aliphatic hydroxyl groups excluding tert-OH is 1. The van der Waals surface area contributed by atoms with E-state index in [1.165, 1.54) is 0 Å². The maximum Gasteiger partial charge on any atom is 0.229 e. The maximum absolute atomic E-state index is 12.5. The molecule has 0 aliphatic carbocycles. The number of amides is 1. The summed E-state index contributed by atoms with van der Waals surface area (Å²) in [5.41, 5.74) is 2.22. The number of aliphatic hydroxyl groups is 1. The minimum Gasteiger partial charge on any atom is -0.487 e. The number of rotatable bonds is 7. The Labute approximate surface area is 191 Å². The molecule has 0 radical (unpaired) electrons. The van der Waals surface area contributed by atoms with Gasteiger partial charge in [-0.1, -0.05) is 23.7 Å². The second-order valence-corrected chi connectivity index (χ2v) is 10.3. The number of carbonyl (C=O) groups excluding carboxylic acids is 1. The van der Waals surface area contributed by atoms with E-state index in [4.69, 9.17) is 21.1 Å². The van der Waals surface area contributed by atoms with Crippen LogP contribution in [0.4, 0.5) is 5.69 Å². The molecule has 8 nitrogen and oxygen atoms in total. The summed E-state index contributed by atoms with van der Waals surface area (Å²) >= 11 is 5.88. The smallest absolute Gasteiger partial charge is 0.229 e. The van der Waals surface area contributed by atoms with E-state index >= 15 is 0 Å². The summed E-state index contributed by atoms with van der Waals surface area (Å²) in [5, 5.41) is 13.4. The van der Waals surface area contributed by atoms with Crippen LogP contribution in [0.3, 0.4) is 0 Å². The molecule has 1 fully saturated rings. The van der Waals surface area contributed by atoms with Gasteiger partial charge in [0.25, 0.3) is 0 Å². The van der Waals surface area contributed by atoms with Gasteiger partial charge in [0.2, 0.25) is 15.9 Å². The zero-order chi connectivity index (χ0) is 22.9. The number of fused-ring (bicyclic) bond motifs is 3. The van der Waals surface area contributed by atoms with Crippen LogP contribution in [0.15, 0.2) is 42.5 Å². The van der Waals surface area contributed by atoms with Gasteiger partial charge in [0.15, 0.2) is 0 Å². The highest BCUT2D eigenvalue weighted by atomic mass is 35.5. The molecule has 2 aromatic rings. The van der Waals surface area contributed by atoms with E-state index in [-0.39, 0.29) is 24.9 Å². The van der Waals surface area contributed by atoms with E-state index in [1.54, 1.807) is 30.3 Å². The third kappa shape index (κ3) is 5.35. The third-order valence-corrected chi connectivity index (χ3v) is 6.48. The van der Waals surface area contributed by atoms with Crippen molar-refractivity contribution in [2.45, 2.75) is 43.6 Å². The number of benzene rings is 2. The molecule has 2 heterocycles. The van der Waals surface area contributed by atoms with E-state index in [1.807, 2.05) is 12.1 Å². The molecule has 0 aromatic heterocycles. The standard InChI is InChI=1S/C22H25ClN2O6S/c1-32(28,29)25-15-6-7-19-17(8-15)18-9-16(30-20(12-26)22(18)31-19)10-21(27)24-11-13-2-4-14(23)5-3-13/h2-8,16,18,20,22,25-26H,9-12H2,1H3,(H,24,27)/t16-,18+,20-,22-/m0/s1. The largest absolute Gasteiger partial charge is 0.487 e. The van der Waals surface area contributed by atoms with Gasteiger partial charge >= 0.3 is 0 Å². The Morgan fingerprint density at radius 2 is 1.97 bits per heavy atom. The Bertz CT molecular complexity index is 1090. The Morgan fingerprint density at radius 1 is 1.22 bits per heavy atom. The van der Waals surface area contributed by atoms with Crippen LogP contribution in [0.25, 0.3) is 0 Å². The number of halogens is 1. The molecule has 2 aliphatic heterocycles. The first-order valence-corrected chi connectivity index (χ1v) is 12.5.